The van der Waals surface area contributed by atoms with E-state index in [1.54, 1.807) is 18.2 Å². The Morgan fingerprint density at radius 1 is 1.19 bits per heavy atom. The Kier molecular flexibility index (Phi) is 6.41. The van der Waals surface area contributed by atoms with Gasteiger partial charge in [0.2, 0.25) is 0 Å². The zero-order valence-electron chi connectivity index (χ0n) is 15.2. The molecule has 1 aliphatic heterocycles. The molecule has 1 fully saturated rings. The summed E-state index contributed by atoms with van der Waals surface area (Å²) in [6, 6.07) is 13.5. The number of piperidine rings is 1. The topological polar surface area (TPSA) is 55.7 Å². The van der Waals surface area contributed by atoms with Crippen molar-refractivity contribution in [1.29, 1.82) is 0 Å². The Hall–Kier alpha value is -1.75. The highest BCUT2D eigenvalue weighted by Gasteiger charge is 2.18. The van der Waals surface area contributed by atoms with Crippen LogP contribution in [-0.2, 0) is 6.54 Å². The summed E-state index contributed by atoms with van der Waals surface area (Å²) >= 11 is 6.06. The monoisotopic (exact) mass is 374 g/mol. The standard InChI is InChI=1S/C21H27ClN2O2/c1-15(20-12-18(22)5-6-21(20)26)23-19-4-2-3-17(11-19)13-24-9-7-16(14-25)8-10-24/h2-6,11-12,15-16,23,25-26H,7-10,13-14H2,1H3. The minimum absolute atomic E-state index is 0.0516. The zero-order chi connectivity index (χ0) is 18.5. The van der Waals surface area contributed by atoms with Crippen molar-refractivity contribution in [2.24, 2.45) is 5.92 Å². The summed E-state index contributed by atoms with van der Waals surface area (Å²) in [6.45, 7) is 5.31. The van der Waals surface area contributed by atoms with Crippen molar-refractivity contribution in [3.8, 4) is 5.75 Å². The summed E-state index contributed by atoms with van der Waals surface area (Å²) in [5, 5.41) is 23.4. The molecule has 1 aliphatic rings. The third-order valence-corrected chi connectivity index (χ3v) is 5.37. The molecule has 0 radical (unpaired) electrons. The molecular weight excluding hydrogens is 348 g/mol. The first-order valence-corrected chi connectivity index (χ1v) is 9.60. The van der Waals surface area contributed by atoms with Crippen LogP contribution >= 0.6 is 11.6 Å². The van der Waals surface area contributed by atoms with E-state index in [9.17, 15) is 10.2 Å². The molecule has 3 rings (SSSR count). The SMILES string of the molecule is CC(Nc1cccc(CN2CCC(CO)CC2)c1)c1cc(Cl)ccc1O. The molecule has 1 heterocycles. The quantitative estimate of drug-likeness (QED) is 0.700. The highest BCUT2D eigenvalue weighted by Crippen LogP contribution is 2.30. The number of hydrogen-bond donors (Lipinski definition) is 3. The average Bonchev–Trinajstić information content (AvgIpc) is 2.64. The molecule has 1 saturated heterocycles. The van der Waals surface area contributed by atoms with Gasteiger partial charge in [-0.1, -0.05) is 23.7 Å². The number of benzene rings is 2. The van der Waals surface area contributed by atoms with Crippen LogP contribution < -0.4 is 5.32 Å². The number of aliphatic hydroxyl groups is 1. The second-order valence-corrected chi connectivity index (χ2v) is 7.61. The van der Waals surface area contributed by atoms with Gasteiger partial charge >= 0.3 is 0 Å². The summed E-state index contributed by atoms with van der Waals surface area (Å²) in [6.07, 6.45) is 2.14. The lowest BCUT2D eigenvalue weighted by Crippen LogP contribution is -2.34. The van der Waals surface area contributed by atoms with Crippen LogP contribution in [0.1, 0.15) is 36.9 Å². The molecule has 1 unspecified atom stereocenters. The highest BCUT2D eigenvalue weighted by atomic mass is 35.5. The van der Waals surface area contributed by atoms with Crippen molar-refractivity contribution in [2.45, 2.75) is 32.4 Å². The van der Waals surface area contributed by atoms with Crippen LogP contribution in [0.25, 0.3) is 0 Å². The Balaban J connectivity index is 1.63. The summed E-state index contributed by atoms with van der Waals surface area (Å²) in [4.78, 5) is 2.44. The summed E-state index contributed by atoms with van der Waals surface area (Å²) in [5.41, 5.74) is 3.08. The average molecular weight is 375 g/mol. The number of rotatable bonds is 6. The molecule has 0 bridgehead atoms. The van der Waals surface area contributed by atoms with Gasteiger partial charge in [0.25, 0.3) is 0 Å². The second kappa shape index (κ2) is 8.76. The van der Waals surface area contributed by atoms with Crippen molar-refractivity contribution in [3.05, 3.63) is 58.6 Å². The van der Waals surface area contributed by atoms with Crippen LogP contribution in [0.5, 0.6) is 5.75 Å². The Morgan fingerprint density at radius 3 is 2.69 bits per heavy atom. The first-order valence-electron chi connectivity index (χ1n) is 9.22. The number of phenolic OH excluding ortho intramolecular Hbond substituents is 1. The van der Waals surface area contributed by atoms with E-state index in [2.05, 4.69) is 28.4 Å². The Labute approximate surface area is 160 Å². The van der Waals surface area contributed by atoms with Gasteiger partial charge in [0.15, 0.2) is 0 Å². The molecular formula is C21H27ClN2O2. The fourth-order valence-corrected chi connectivity index (χ4v) is 3.73. The summed E-state index contributed by atoms with van der Waals surface area (Å²) in [7, 11) is 0. The van der Waals surface area contributed by atoms with Gasteiger partial charge in [-0.3, -0.25) is 4.90 Å². The maximum absolute atomic E-state index is 10.1. The van der Waals surface area contributed by atoms with Crippen LogP contribution in [0.3, 0.4) is 0 Å². The number of halogens is 1. The van der Waals surface area contributed by atoms with Gasteiger partial charge in [0.1, 0.15) is 5.75 Å². The van der Waals surface area contributed by atoms with E-state index < -0.39 is 0 Å². The van der Waals surface area contributed by atoms with E-state index in [0.717, 1.165) is 43.7 Å². The maximum atomic E-state index is 10.1. The largest absolute Gasteiger partial charge is 0.508 e. The minimum Gasteiger partial charge on any atom is -0.508 e. The number of phenols is 1. The van der Waals surface area contributed by atoms with Crippen molar-refractivity contribution in [1.82, 2.24) is 4.90 Å². The molecule has 5 heteroatoms. The van der Waals surface area contributed by atoms with Gasteiger partial charge in [-0.05, 0) is 74.7 Å². The van der Waals surface area contributed by atoms with Gasteiger partial charge in [0.05, 0.1) is 6.04 Å². The van der Waals surface area contributed by atoms with Crippen LogP contribution in [0.4, 0.5) is 5.69 Å². The van der Waals surface area contributed by atoms with E-state index in [0.29, 0.717) is 17.5 Å². The Bertz CT molecular complexity index is 730. The van der Waals surface area contributed by atoms with Gasteiger partial charge < -0.3 is 15.5 Å². The normalized spacial score (nSPS) is 17.2. The molecule has 4 nitrogen and oxygen atoms in total. The smallest absolute Gasteiger partial charge is 0.120 e. The number of likely N-dealkylation sites (tertiary alicyclic amines) is 1. The molecule has 2 aromatic rings. The predicted octanol–water partition coefficient (Wildman–Crippen LogP) is 4.42. The fourth-order valence-electron chi connectivity index (χ4n) is 3.54. The number of aliphatic hydroxyl groups excluding tert-OH is 1. The van der Waals surface area contributed by atoms with Crippen LogP contribution in [0.2, 0.25) is 5.02 Å². The fraction of sp³-hybridized carbons (Fsp3) is 0.429. The maximum Gasteiger partial charge on any atom is 0.120 e. The van der Waals surface area contributed by atoms with Crippen LogP contribution in [0, 0.1) is 5.92 Å². The molecule has 2 aromatic carbocycles. The van der Waals surface area contributed by atoms with Gasteiger partial charge in [-0.25, -0.2) is 0 Å². The number of nitrogens with zero attached hydrogens (tertiary/aromatic N) is 1. The predicted molar refractivity (Wildman–Crippen MR) is 107 cm³/mol. The molecule has 1 atom stereocenters. The molecule has 140 valence electrons. The number of hydrogen-bond acceptors (Lipinski definition) is 4. The van der Waals surface area contributed by atoms with Crippen molar-refractivity contribution in [2.75, 3.05) is 25.0 Å². The van der Waals surface area contributed by atoms with Crippen LogP contribution in [0.15, 0.2) is 42.5 Å². The van der Waals surface area contributed by atoms with Gasteiger partial charge in [-0.2, -0.15) is 0 Å². The highest BCUT2D eigenvalue weighted by molar-refractivity contribution is 6.30. The van der Waals surface area contributed by atoms with E-state index in [-0.39, 0.29) is 11.8 Å². The molecule has 0 spiro atoms. The first kappa shape index (κ1) is 19.0. The molecule has 26 heavy (non-hydrogen) atoms. The van der Waals surface area contributed by atoms with E-state index in [4.69, 9.17) is 11.6 Å². The number of nitrogens with one attached hydrogen (secondary N) is 1. The third kappa shape index (κ3) is 4.91. The zero-order valence-corrected chi connectivity index (χ0v) is 15.9. The van der Waals surface area contributed by atoms with E-state index in [1.165, 1.54) is 5.56 Å². The van der Waals surface area contributed by atoms with E-state index >= 15 is 0 Å². The second-order valence-electron chi connectivity index (χ2n) is 7.17. The van der Waals surface area contributed by atoms with Gasteiger partial charge in [-0.15, -0.1) is 0 Å². The Morgan fingerprint density at radius 2 is 1.96 bits per heavy atom. The van der Waals surface area contributed by atoms with Crippen molar-refractivity contribution < 1.29 is 10.2 Å². The number of aromatic hydroxyl groups is 1. The molecule has 3 N–H and O–H groups in total. The van der Waals surface area contributed by atoms with Crippen molar-refractivity contribution >= 4 is 17.3 Å². The molecule has 0 amide bonds. The number of anilines is 1. The van der Waals surface area contributed by atoms with Crippen LogP contribution in [-0.4, -0.2) is 34.8 Å². The third-order valence-electron chi connectivity index (χ3n) is 5.14. The minimum atomic E-state index is -0.0516. The first-order chi connectivity index (χ1) is 12.5. The van der Waals surface area contributed by atoms with E-state index in [1.807, 2.05) is 13.0 Å². The van der Waals surface area contributed by atoms with Crippen molar-refractivity contribution in [3.63, 3.8) is 0 Å². The summed E-state index contributed by atoms with van der Waals surface area (Å²) in [5.74, 6) is 0.711. The molecule has 0 saturated carbocycles. The van der Waals surface area contributed by atoms with Gasteiger partial charge in [0, 0.05) is 29.4 Å². The lowest BCUT2D eigenvalue weighted by atomic mass is 9.97. The lowest BCUT2D eigenvalue weighted by molar-refractivity contribution is 0.127. The lowest BCUT2D eigenvalue weighted by Gasteiger charge is -2.31. The summed E-state index contributed by atoms with van der Waals surface area (Å²) < 4.78 is 0. The molecule has 0 aromatic heterocycles. The molecule has 0 aliphatic carbocycles.